The zero-order chi connectivity index (χ0) is 13.1. The quantitative estimate of drug-likeness (QED) is 0.828. The number of aryl methyl sites for hydroxylation is 1. The van der Waals surface area contributed by atoms with Gasteiger partial charge in [0.15, 0.2) is 0 Å². The van der Waals surface area contributed by atoms with Crippen molar-refractivity contribution in [1.29, 1.82) is 0 Å². The van der Waals surface area contributed by atoms with Crippen LogP contribution < -0.4 is 5.48 Å². The SMILES string of the molecule is O=C(NOCC1CCOC1)C1CCc2cccnc21. The summed E-state index contributed by atoms with van der Waals surface area (Å²) in [4.78, 5) is 21.7. The Morgan fingerprint density at radius 3 is 3.32 bits per heavy atom. The molecule has 102 valence electrons. The maximum absolute atomic E-state index is 12.1. The molecule has 0 aromatic carbocycles. The number of carbonyl (C=O) groups is 1. The molecule has 1 N–H and O–H groups in total. The number of ether oxygens (including phenoxy) is 1. The Labute approximate surface area is 112 Å². The summed E-state index contributed by atoms with van der Waals surface area (Å²) in [5.41, 5.74) is 4.63. The second-order valence-electron chi connectivity index (χ2n) is 5.15. The van der Waals surface area contributed by atoms with E-state index in [1.807, 2.05) is 12.1 Å². The van der Waals surface area contributed by atoms with Gasteiger partial charge in [-0.3, -0.25) is 14.6 Å². The molecule has 1 fully saturated rings. The van der Waals surface area contributed by atoms with Gasteiger partial charge in [0.25, 0.3) is 5.91 Å². The molecule has 2 unspecified atom stereocenters. The summed E-state index contributed by atoms with van der Waals surface area (Å²) in [5, 5.41) is 0. The third-order valence-electron chi connectivity index (χ3n) is 3.79. The van der Waals surface area contributed by atoms with Crippen molar-refractivity contribution in [2.24, 2.45) is 5.92 Å². The molecule has 2 aliphatic rings. The Bertz CT molecular complexity index is 458. The molecule has 0 spiro atoms. The van der Waals surface area contributed by atoms with Crippen LogP contribution in [0.5, 0.6) is 0 Å². The van der Waals surface area contributed by atoms with Crippen LogP contribution in [0, 0.1) is 5.92 Å². The summed E-state index contributed by atoms with van der Waals surface area (Å²) in [6.07, 6.45) is 4.47. The highest BCUT2D eigenvalue weighted by Crippen LogP contribution is 2.31. The standard InChI is InChI=1S/C14H18N2O3/c17-14(16-19-9-10-5-7-18-8-10)12-4-3-11-2-1-6-15-13(11)12/h1-2,6,10,12H,3-5,7-9H2,(H,16,17). The highest BCUT2D eigenvalue weighted by atomic mass is 16.7. The number of rotatable bonds is 4. The van der Waals surface area contributed by atoms with Crippen LogP contribution in [0.2, 0.25) is 0 Å². The molecule has 1 aliphatic heterocycles. The van der Waals surface area contributed by atoms with Gasteiger partial charge in [0.1, 0.15) is 0 Å². The van der Waals surface area contributed by atoms with Crippen molar-refractivity contribution < 1.29 is 14.4 Å². The predicted molar refractivity (Wildman–Crippen MR) is 68.3 cm³/mol. The van der Waals surface area contributed by atoms with Crippen molar-refractivity contribution >= 4 is 5.91 Å². The number of amides is 1. The normalized spacial score (nSPS) is 25.3. The first-order valence-corrected chi connectivity index (χ1v) is 6.78. The maximum atomic E-state index is 12.1. The summed E-state index contributed by atoms with van der Waals surface area (Å²) in [5.74, 6) is 0.140. The molecular weight excluding hydrogens is 244 g/mol. The summed E-state index contributed by atoms with van der Waals surface area (Å²) in [7, 11) is 0. The summed E-state index contributed by atoms with van der Waals surface area (Å²) in [6, 6.07) is 3.95. The third-order valence-corrected chi connectivity index (χ3v) is 3.79. The molecule has 1 aliphatic carbocycles. The number of nitrogens with one attached hydrogen (secondary N) is 1. The van der Waals surface area contributed by atoms with Crippen LogP contribution in [0.15, 0.2) is 18.3 Å². The minimum absolute atomic E-state index is 0.0867. The lowest BCUT2D eigenvalue weighted by Gasteiger charge is -2.13. The number of hydroxylamine groups is 1. The molecule has 2 atom stereocenters. The van der Waals surface area contributed by atoms with Crippen LogP contribution in [0.1, 0.15) is 30.0 Å². The van der Waals surface area contributed by atoms with E-state index in [1.54, 1.807) is 6.20 Å². The Balaban J connectivity index is 1.51. The van der Waals surface area contributed by atoms with Gasteiger partial charge in [0, 0.05) is 18.7 Å². The van der Waals surface area contributed by atoms with Crippen LogP contribution in [0.4, 0.5) is 0 Å². The molecule has 1 aromatic heterocycles. The van der Waals surface area contributed by atoms with Gasteiger partial charge in [0.05, 0.1) is 24.8 Å². The highest BCUT2D eigenvalue weighted by Gasteiger charge is 2.30. The molecule has 5 nitrogen and oxygen atoms in total. The fourth-order valence-electron chi connectivity index (χ4n) is 2.68. The minimum atomic E-state index is -0.170. The summed E-state index contributed by atoms with van der Waals surface area (Å²) in [6.45, 7) is 2.04. The molecule has 0 saturated carbocycles. The van der Waals surface area contributed by atoms with Crippen molar-refractivity contribution in [2.45, 2.75) is 25.2 Å². The first-order chi connectivity index (χ1) is 9.34. The molecule has 3 rings (SSSR count). The molecule has 0 radical (unpaired) electrons. The van der Waals surface area contributed by atoms with E-state index in [9.17, 15) is 4.79 Å². The first-order valence-electron chi connectivity index (χ1n) is 6.78. The van der Waals surface area contributed by atoms with E-state index in [0.29, 0.717) is 12.5 Å². The number of aromatic nitrogens is 1. The lowest BCUT2D eigenvalue weighted by Crippen LogP contribution is -2.30. The zero-order valence-corrected chi connectivity index (χ0v) is 10.8. The largest absolute Gasteiger partial charge is 0.381 e. The van der Waals surface area contributed by atoms with Crippen molar-refractivity contribution in [3.05, 3.63) is 29.6 Å². The van der Waals surface area contributed by atoms with Crippen LogP contribution >= 0.6 is 0 Å². The number of hydrogen-bond donors (Lipinski definition) is 1. The third kappa shape index (κ3) is 2.77. The Morgan fingerprint density at radius 2 is 2.47 bits per heavy atom. The van der Waals surface area contributed by atoms with E-state index in [-0.39, 0.29) is 11.8 Å². The lowest BCUT2D eigenvalue weighted by molar-refractivity contribution is -0.136. The molecule has 1 saturated heterocycles. The van der Waals surface area contributed by atoms with Gasteiger partial charge in [-0.05, 0) is 30.9 Å². The van der Waals surface area contributed by atoms with E-state index in [0.717, 1.165) is 38.2 Å². The fraction of sp³-hybridized carbons (Fsp3) is 0.571. The summed E-state index contributed by atoms with van der Waals surface area (Å²) >= 11 is 0. The van der Waals surface area contributed by atoms with E-state index in [2.05, 4.69) is 10.5 Å². The Morgan fingerprint density at radius 1 is 1.53 bits per heavy atom. The van der Waals surface area contributed by atoms with Gasteiger partial charge in [-0.25, -0.2) is 5.48 Å². The smallest absolute Gasteiger partial charge is 0.252 e. The molecule has 5 heteroatoms. The average Bonchev–Trinajstić information content (AvgIpc) is 3.07. The number of pyridine rings is 1. The second-order valence-corrected chi connectivity index (χ2v) is 5.15. The molecule has 1 amide bonds. The number of fused-ring (bicyclic) bond motifs is 1. The van der Waals surface area contributed by atoms with Crippen LogP contribution in [0.3, 0.4) is 0 Å². The molecule has 19 heavy (non-hydrogen) atoms. The van der Waals surface area contributed by atoms with Crippen molar-refractivity contribution in [3.8, 4) is 0 Å². The zero-order valence-electron chi connectivity index (χ0n) is 10.8. The molecule has 2 heterocycles. The average molecular weight is 262 g/mol. The van der Waals surface area contributed by atoms with Crippen molar-refractivity contribution in [1.82, 2.24) is 10.5 Å². The van der Waals surface area contributed by atoms with Crippen molar-refractivity contribution in [2.75, 3.05) is 19.8 Å². The predicted octanol–water partition coefficient (Wildman–Crippen LogP) is 1.20. The van der Waals surface area contributed by atoms with E-state index in [4.69, 9.17) is 9.57 Å². The first kappa shape index (κ1) is 12.6. The maximum Gasteiger partial charge on any atom is 0.252 e. The molecule has 0 bridgehead atoms. The van der Waals surface area contributed by atoms with Crippen LogP contribution in [-0.2, 0) is 20.8 Å². The van der Waals surface area contributed by atoms with Gasteiger partial charge in [0.2, 0.25) is 0 Å². The minimum Gasteiger partial charge on any atom is -0.381 e. The second kappa shape index (κ2) is 5.67. The molecular formula is C14H18N2O3. The lowest BCUT2D eigenvalue weighted by atomic mass is 10.1. The van der Waals surface area contributed by atoms with Gasteiger partial charge < -0.3 is 4.74 Å². The monoisotopic (exact) mass is 262 g/mol. The van der Waals surface area contributed by atoms with E-state index < -0.39 is 0 Å². The van der Waals surface area contributed by atoms with Gasteiger partial charge in [-0.1, -0.05) is 6.07 Å². The topological polar surface area (TPSA) is 60.5 Å². The fourth-order valence-corrected chi connectivity index (χ4v) is 2.68. The van der Waals surface area contributed by atoms with Crippen LogP contribution in [0.25, 0.3) is 0 Å². The van der Waals surface area contributed by atoms with Crippen LogP contribution in [-0.4, -0.2) is 30.7 Å². The van der Waals surface area contributed by atoms with Gasteiger partial charge >= 0.3 is 0 Å². The number of carbonyl (C=O) groups excluding carboxylic acids is 1. The van der Waals surface area contributed by atoms with Gasteiger partial charge in [-0.2, -0.15) is 0 Å². The Hall–Kier alpha value is -1.46. The number of nitrogens with zero attached hydrogens (tertiary/aromatic N) is 1. The number of hydrogen-bond acceptors (Lipinski definition) is 4. The summed E-state index contributed by atoms with van der Waals surface area (Å²) < 4.78 is 5.26. The highest BCUT2D eigenvalue weighted by molar-refractivity contribution is 5.83. The molecule has 1 aromatic rings. The Kier molecular flexibility index (Phi) is 3.75. The van der Waals surface area contributed by atoms with E-state index in [1.165, 1.54) is 5.56 Å². The van der Waals surface area contributed by atoms with Crippen molar-refractivity contribution in [3.63, 3.8) is 0 Å². The van der Waals surface area contributed by atoms with E-state index >= 15 is 0 Å². The van der Waals surface area contributed by atoms with Gasteiger partial charge in [-0.15, -0.1) is 0 Å².